The molecule has 1 heterocycles. The van der Waals surface area contributed by atoms with Crippen LogP contribution in [-0.2, 0) is 4.79 Å². The van der Waals surface area contributed by atoms with Crippen molar-refractivity contribution in [1.29, 1.82) is 0 Å². The van der Waals surface area contributed by atoms with Gasteiger partial charge in [-0.3, -0.25) is 4.79 Å². The predicted molar refractivity (Wildman–Crippen MR) is 107 cm³/mol. The minimum Gasteiger partial charge on any atom is -0.484 e. The maximum atomic E-state index is 12.0. The quantitative estimate of drug-likeness (QED) is 0.711. The van der Waals surface area contributed by atoms with E-state index in [9.17, 15) is 4.79 Å². The SMILES string of the molecule is Cc1ccc(NC(=O)COc2ccc(C3SCCS3)cc2)c(Br)c1. The third-order valence-corrected chi connectivity index (χ3v) is 7.30. The number of aryl methyl sites for hydroxylation is 1. The summed E-state index contributed by atoms with van der Waals surface area (Å²) in [5.74, 6) is 2.96. The molecule has 24 heavy (non-hydrogen) atoms. The Morgan fingerprint density at radius 2 is 1.92 bits per heavy atom. The maximum Gasteiger partial charge on any atom is 0.262 e. The van der Waals surface area contributed by atoms with Crippen molar-refractivity contribution in [2.75, 3.05) is 23.4 Å². The third kappa shape index (κ3) is 4.71. The summed E-state index contributed by atoms with van der Waals surface area (Å²) in [4.78, 5) is 12.0. The number of hydrogen-bond donors (Lipinski definition) is 1. The normalized spacial score (nSPS) is 14.6. The van der Waals surface area contributed by atoms with Crippen LogP contribution in [0.25, 0.3) is 0 Å². The number of nitrogens with one attached hydrogen (secondary N) is 1. The standard InChI is InChI=1S/C18H18BrNO2S2/c1-12-2-7-16(15(19)10-12)20-17(21)11-22-14-5-3-13(4-6-14)18-23-8-9-24-18/h2-7,10,18H,8-9,11H2,1H3,(H,20,21). The molecule has 3 rings (SSSR count). The van der Waals surface area contributed by atoms with Gasteiger partial charge in [0.1, 0.15) is 5.75 Å². The van der Waals surface area contributed by atoms with Crippen LogP contribution in [0.3, 0.4) is 0 Å². The average Bonchev–Trinajstić information content (AvgIpc) is 3.11. The minimum atomic E-state index is -0.175. The van der Waals surface area contributed by atoms with E-state index in [1.807, 2.05) is 60.8 Å². The number of amides is 1. The molecule has 1 amide bonds. The van der Waals surface area contributed by atoms with Crippen molar-refractivity contribution in [2.24, 2.45) is 0 Å². The molecule has 1 aliphatic rings. The molecule has 2 aromatic carbocycles. The van der Waals surface area contributed by atoms with Crippen LogP contribution in [-0.4, -0.2) is 24.0 Å². The van der Waals surface area contributed by atoms with Crippen LogP contribution in [0.1, 0.15) is 15.7 Å². The largest absolute Gasteiger partial charge is 0.484 e. The number of benzene rings is 2. The van der Waals surface area contributed by atoms with Gasteiger partial charge in [0.15, 0.2) is 6.61 Å². The second-order valence-electron chi connectivity index (χ2n) is 5.46. The van der Waals surface area contributed by atoms with Gasteiger partial charge in [-0.05, 0) is 58.2 Å². The van der Waals surface area contributed by atoms with Crippen molar-refractivity contribution in [3.8, 4) is 5.75 Å². The zero-order valence-corrected chi connectivity index (χ0v) is 16.5. The second kappa shape index (κ2) is 8.32. The lowest BCUT2D eigenvalue weighted by Crippen LogP contribution is -2.20. The van der Waals surface area contributed by atoms with Crippen LogP contribution in [0.5, 0.6) is 5.75 Å². The summed E-state index contributed by atoms with van der Waals surface area (Å²) in [6.07, 6.45) is 0. The molecule has 0 bridgehead atoms. The fourth-order valence-electron chi connectivity index (χ4n) is 2.33. The van der Waals surface area contributed by atoms with Crippen LogP contribution in [0, 0.1) is 6.92 Å². The van der Waals surface area contributed by atoms with Crippen LogP contribution in [0.2, 0.25) is 0 Å². The highest BCUT2D eigenvalue weighted by Crippen LogP contribution is 2.45. The lowest BCUT2D eigenvalue weighted by molar-refractivity contribution is -0.118. The molecule has 0 unspecified atom stereocenters. The van der Waals surface area contributed by atoms with Crippen molar-refractivity contribution in [3.63, 3.8) is 0 Å². The Labute approximate surface area is 159 Å². The van der Waals surface area contributed by atoms with Gasteiger partial charge in [-0.15, -0.1) is 23.5 Å². The Bertz CT molecular complexity index is 715. The molecule has 0 radical (unpaired) electrons. The first kappa shape index (κ1) is 17.7. The zero-order chi connectivity index (χ0) is 16.9. The molecule has 0 spiro atoms. The molecule has 0 atom stereocenters. The molecule has 2 aromatic rings. The molecule has 1 aliphatic heterocycles. The van der Waals surface area contributed by atoms with Crippen molar-refractivity contribution >= 4 is 51.0 Å². The van der Waals surface area contributed by atoms with Gasteiger partial charge in [0, 0.05) is 16.0 Å². The highest BCUT2D eigenvalue weighted by Gasteiger charge is 2.18. The summed E-state index contributed by atoms with van der Waals surface area (Å²) >= 11 is 7.41. The molecule has 126 valence electrons. The van der Waals surface area contributed by atoms with Crippen molar-refractivity contribution in [2.45, 2.75) is 11.5 Å². The molecular formula is C18H18BrNO2S2. The van der Waals surface area contributed by atoms with Crippen LogP contribution in [0.15, 0.2) is 46.9 Å². The number of carbonyl (C=O) groups excluding carboxylic acids is 1. The van der Waals surface area contributed by atoms with Crippen molar-refractivity contribution in [1.82, 2.24) is 0 Å². The zero-order valence-electron chi connectivity index (χ0n) is 13.3. The van der Waals surface area contributed by atoms with Crippen LogP contribution >= 0.6 is 39.5 Å². The Hall–Kier alpha value is -1.11. The van der Waals surface area contributed by atoms with E-state index in [0.29, 0.717) is 10.3 Å². The molecule has 6 heteroatoms. The Balaban J connectivity index is 1.52. The summed E-state index contributed by atoms with van der Waals surface area (Å²) in [5.41, 5.74) is 3.19. The molecule has 0 aliphatic carbocycles. The summed E-state index contributed by atoms with van der Waals surface area (Å²) in [7, 11) is 0. The average molecular weight is 424 g/mol. The monoisotopic (exact) mass is 423 g/mol. The molecule has 3 nitrogen and oxygen atoms in total. The van der Waals surface area contributed by atoms with E-state index in [1.165, 1.54) is 17.1 Å². The number of hydrogen-bond acceptors (Lipinski definition) is 4. The minimum absolute atomic E-state index is 0.00735. The first-order valence-electron chi connectivity index (χ1n) is 7.64. The van der Waals surface area contributed by atoms with E-state index >= 15 is 0 Å². The van der Waals surface area contributed by atoms with Gasteiger partial charge >= 0.3 is 0 Å². The highest BCUT2D eigenvalue weighted by atomic mass is 79.9. The first-order chi connectivity index (χ1) is 11.6. The molecule has 1 saturated heterocycles. The molecule has 0 saturated carbocycles. The van der Waals surface area contributed by atoms with Gasteiger partial charge in [-0.25, -0.2) is 0 Å². The lowest BCUT2D eigenvalue weighted by Gasteiger charge is -2.11. The number of rotatable bonds is 5. The van der Waals surface area contributed by atoms with Gasteiger partial charge < -0.3 is 10.1 Å². The van der Waals surface area contributed by atoms with E-state index in [-0.39, 0.29) is 12.5 Å². The Morgan fingerprint density at radius 1 is 1.21 bits per heavy atom. The van der Waals surface area contributed by atoms with E-state index in [2.05, 4.69) is 33.4 Å². The molecule has 0 aromatic heterocycles. The predicted octanol–water partition coefficient (Wildman–Crippen LogP) is 5.25. The third-order valence-electron chi connectivity index (χ3n) is 3.54. The topological polar surface area (TPSA) is 38.3 Å². The van der Waals surface area contributed by atoms with Crippen LogP contribution in [0.4, 0.5) is 5.69 Å². The molecule has 1 fully saturated rings. The van der Waals surface area contributed by atoms with Gasteiger partial charge in [0.25, 0.3) is 5.91 Å². The summed E-state index contributed by atoms with van der Waals surface area (Å²) in [6.45, 7) is 2.00. The fraction of sp³-hybridized carbons (Fsp3) is 0.278. The highest BCUT2D eigenvalue weighted by molar-refractivity contribution is 9.10. The van der Waals surface area contributed by atoms with E-state index in [1.54, 1.807) is 0 Å². The summed E-state index contributed by atoms with van der Waals surface area (Å²) < 4.78 is 6.98. The number of anilines is 1. The Morgan fingerprint density at radius 3 is 2.58 bits per heavy atom. The number of halogens is 1. The van der Waals surface area contributed by atoms with E-state index < -0.39 is 0 Å². The molecule has 1 N–H and O–H groups in total. The van der Waals surface area contributed by atoms with E-state index in [0.717, 1.165) is 15.7 Å². The Kier molecular flexibility index (Phi) is 6.14. The first-order valence-corrected chi connectivity index (χ1v) is 10.5. The lowest BCUT2D eigenvalue weighted by atomic mass is 10.2. The van der Waals surface area contributed by atoms with Gasteiger partial charge in [-0.1, -0.05) is 18.2 Å². The number of thioether (sulfide) groups is 2. The van der Waals surface area contributed by atoms with Crippen molar-refractivity contribution < 1.29 is 9.53 Å². The second-order valence-corrected chi connectivity index (χ2v) is 9.04. The number of carbonyl (C=O) groups is 1. The number of ether oxygens (including phenoxy) is 1. The smallest absolute Gasteiger partial charge is 0.262 e. The maximum absolute atomic E-state index is 12.0. The fourth-order valence-corrected chi connectivity index (χ4v) is 5.78. The molecular weight excluding hydrogens is 406 g/mol. The van der Waals surface area contributed by atoms with E-state index in [4.69, 9.17) is 4.74 Å². The summed E-state index contributed by atoms with van der Waals surface area (Å²) in [5, 5.41) is 2.85. The van der Waals surface area contributed by atoms with Crippen LogP contribution < -0.4 is 10.1 Å². The van der Waals surface area contributed by atoms with Crippen molar-refractivity contribution in [3.05, 3.63) is 58.1 Å². The van der Waals surface area contributed by atoms with Gasteiger partial charge in [0.2, 0.25) is 0 Å². The summed E-state index contributed by atoms with van der Waals surface area (Å²) in [6, 6.07) is 13.8. The van der Waals surface area contributed by atoms with Gasteiger partial charge in [0.05, 0.1) is 10.3 Å². The van der Waals surface area contributed by atoms with Gasteiger partial charge in [-0.2, -0.15) is 0 Å².